The molecule has 2 aromatic heterocycles. The highest BCUT2D eigenvalue weighted by Crippen LogP contribution is 2.39. The van der Waals surface area contributed by atoms with E-state index in [0.717, 1.165) is 24.8 Å². The Bertz CT molecular complexity index is 1110. The summed E-state index contributed by atoms with van der Waals surface area (Å²) >= 11 is 6.19. The minimum atomic E-state index is -0.162. The molecule has 1 aliphatic rings. The minimum Gasteiger partial charge on any atom is -0.493 e. The van der Waals surface area contributed by atoms with Crippen molar-refractivity contribution in [2.75, 3.05) is 6.61 Å². The topological polar surface area (TPSA) is 73.6 Å². The average molecular weight is 413 g/mol. The number of benzene rings is 1. The monoisotopic (exact) mass is 412 g/mol. The van der Waals surface area contributed by atoms with E-state index < -0.39 is 0 Å². The van der Waals surface area contributed by atoms with Gasteiger partial charge in [0.2, 0.25) is 5.88 Å². The fraction of sp³-hybridized carbons (Fsp3) is 0.273. The second kappa shape index (κ2) is 8.27. The Labute approximate surface area is 173 Å². The van der Waals surface area contributed by atoms with Crippen molar-refractivity contribution in [2.45, 2.75) is 25.9 Å². The minimum absolute atomic E-state index is 0.158. The van der Waals surface area contributed by atoms with Crippen LogP contribution in [0.5, 0.6) is 17.4 Å². The van der Waals surface area contributed by atoms with E-state index in [1.54, 1.807) is 31.6 Å². The molecule has 0 saturated carbocycles. The fourth-order valence-electron chi connectivity index (χ4n) is 3.34. The predicted octanol–water partition coefficient (Wildman–Crippen LogP) is 4.10. The number of rotatable bonds is 1. The van der Waals surface area contributed by atoms with Crippen LogP contribution in [0.4, 0.5) is 0 Å². The van der Waals surface area contributed by atoms with Crippen molar-refractivity contribution in [3.63, 3.8) is 0 Å². The van der Waals surface area contributed by atoms with Gasteiger partial charge in [-0.1, -0.05) is 11.6 Å². The molecule has 3 aromatic rings. The zero-order valence-electron chi connectivity index (χ0n) is 16.0. The Kier molecular flexibility index (Phi) is 5.56. The van der Waals surface area contributed by atoms with Crippen molar-refractivity contribution in [1.82, 2.24) is 9.55 Å². The molecule has 0 radical (unpaired) electrons. The van der Waals surface area contributed by atoms with Crippen LogP contribution in [0.2, 0.25) is 5.02 Å². The molecular weight excluding hydrogens is 392 g/mol. The molecule has 1 aromatic carbocycles. The molecular formula is C22H21ClN2O4. The molecule has 0 spiro atoms. The lowest BCUT2D eigenvalue weighted by molar-refractivity contribution is 0.281. The number of hydrogen-bond acceptors (Lipinski definition) is 5. The van der Waals surface area contributed by atoms with Crippen LogP contribution < -0.4 is 15.0 Å². The molecule has 29 heavy (non-hydrogen) atoms. The molecule has 0 saturated heterocycles. The van der Waals surface area contributed by atoms with E-state index in [1.807, 2.05) is 12.1 Å². The van der Waals surface area contributed by atoms with Gasteiger partial charge in [-0.25, -0.2) is 4.98 Å². The first kappa shape index (κ1) is 19.5. The lowest BCUT2D eigenvalue weighted by Crippen LogP contribution is -2.16. The Hall–Kier alpha value is -2.83. The van der Waals surface area contributed by atoms with Crippen LogP contribution >= 0.6 is 11.6 Å². The molecule has 0 aliphatic carbocycles. The van der Waals surface area contributed by atoms with Gasteiger partial charge < -0.3 is 19.1 Å². The van der Waals surface area contributed by atoms with E-state index >= 15 is 0 Å². The SMILES string of the molecule is Cn1cc2c(cc1=O)OCCCCc1cc(Cl)ccc1Oc1ncc(CO)cc1-2. The van der Waals surface area contributed by atoms with Crippen LogP contribution in [-0.2, 0) is 20.1 Å². The third-order valence-electron chi connectivity index (χ3n) is 4.90. The van der Waals surface area contributed by atoms with Gasteiger partial charge in [-0.05, 0) is 54.7 Å². The Morgan fingerprint density at radius 2 is 2.03 bits per heavy atom. The molecule has 7 heteroatoms. The third-order valence-corrected chi connectivity index (χ3v) is 5.13. The summed E-state index contributed by atoms with van der Waals surface area (Å²) in [5, 5.41) is 10.3. The zero-order chi connectivity index (χ0) is 20.4. The van der Waals surface area contributed by atoms with Crippen LogP contribution in [0.1, 0.15) is 24.0 Å². The molecule has 1 N–H and O–H groups in total. The summed E-state index contributed by atoms with van der Waals surface area (Å²) in [6, 6.07) is 8.81. The molecule has 3 heterocycles. The van der Waals surface area contributed by atoms with Crippen LogP contribution in [0, 0.1) is 0 Å². The molecule has 0 amide bonds. The van der Waals surface area contributed by atoms with Crippen LogP contribution in [0.15, 0.2) is 47.5 Å². The molecule has 0 unspecified atom stereocenters. The van der Waals surface area contributed by atoms with E-state index in [-0.39, 0.29) is 12.2 Å². The van der Waals surface area contributed by atoms with E-state index in [4.69, 9.17) is 21.1 Å². The predicted molar refractivity (Wildman–Crippen MR) is 111 cm³/mol. The van der Waals surface area contributed by atoms with E-state index in [9.17, 15) is 9.90 Å². The molecule has 1 aliphatic heterocycles. The van der Waals surface area contributed by atoms with Gasteiger partial charge in [-0.15, -0.1) is 0 Å². The van der Waals surface area contributed by atoms with Crippen molar-refractivity contribution >= 4 is 11.6 Å². The van der Waals surface area contributed by atoms with Gasteiger partial charge in [0.1, 0.15) is 11.5 Å². The number of aliphatic hydroxyl groups is 1. The zero-order valence-corrected chi connectivity index (χ0v) is 16.8. The molecule has 0 bridgehead atoms. The standard InChI is InChI=1S/C22H21ClN2O4/c1-25-12-18-17-8-14(13-26)11-24-22(17)29-19-6-5-16(23)9-15(19)4-2-3-7-28-20(18)10-21(25)27/h5-6,8-12,26H,2-4,7,13H2,1H3. The maximum atomic E-state index is 12.2. The number of hydrogen-bond donors (Lipinski definition) is 1. The van der Waals surface area contributed by atoms with Crippen molar-refractivity contribution in [2.24, 2.45) is 7.05 Å². The number of pyridine rings is 2. The summed E-state index contributed by atoms with van der Waals surface area (Å²) in [4.78, 5) is 16.6. The number of aryl methyl sites for hydroxylation is 2. The summed E-state index contributed by atoms with van der Waals surface area (Å²) in [5.74, 6) is 1.54. The van der Waals surface area contributed by atoms with Crippen molar-refractivity contribution in [3.8, 4) is 28.5 Å². The molecule has 0 atom stereocenters. The van der Waals surface area contributed by atoms with Crippen molar-refractivity contribution in [3.05, 3.63) is 69.2 Å². The van der Waals surface area contributed by atoms with Gasteiger partial charge in [0, 0.05) is 41.7 Å². The summed E-state index contributed by atoms with van der Waals surface area (Å²) in [7, 11) is 1.68. The molecule has 0 fully saturated rings. The van der Waals surface area contributed by atoms with Crippen molar-refractivity contribution in [1.29, 1.82) is 0 Å². The summed E-state index contributed by atoms with van der Waals surface area (Å²) in [6.45, 7) is 0.327. The Morgan fingerprint density at radius 1 is 1.17 bits per heavy atom. The Balaban J connectivity index is 1.93. The highest BCUT2D eigenvalue weighted by Gasteiger charge is 2.19. The van der Waals surface area contributed by atoms with Gasteiger partial charge in [0.15, 0.2) is 0 Å². The lowest BCUT2D eigenvalue weighted by Gasteiger charge is -2.18. The number of aromatic nitrogens is 2. The smallest absolute Gasteiger partial charge is 0.254 e. The number of aliphatic hydroxyl groups excluding tert-OH is 1. The average Bonchev–Trinajstić information content (AvgIpc) is 2.71. The third kappa shape index (κ3) is 4.13. The van der Waals surface area contributed by atoms with Gasteiger partial charge >= 0.3 is 0 Å². The lowest BCUT2D eigenvalue weighted by atomic mass is 10.0. The van der Waals surface area contributed by atoms with Crippen molar-refractivity contribution < 1.29 is 14.6 Å². The number of ether oxygens (including phenoxy) is 2. The van der Waals surface area contributed by atoms with Crippen LogP contribution in [0.25, 0.3) is 11.1 Å². The summed E-state index contributed by atoms with van der Waals surface area (Å²) in [6.07, 6.45) is 5.77. The van der Waals surface area contributed by atoms with Gasteiger partial charge in [0.05, 0.1) is 13.2 Å². The number of halogens is 1. The van der Waals surface area contributed by atoms with Crippen LogP contribution in [0.3, 0.4) is 0 Å². The van der Waals surface area contributed by atoms with Crippen LogP contribution in [-0.4, -0.2) is 21.3 Å². The fourth-order valence-corrected chi connectivity index (χ4v) is 3.53. The largest absolute Gasteiger partial charge is 0.493 e. The normalized spacial score (nSPS) is 13.6. The highest BCUT2D eigenvalue weighted by molar-refractivity contribution is 6.30. The van der Waals surface area contributed by atoms with E-state index in [2.05, 4.69) is 4.98 Å². The van der Waals surface area contributed by atoms with Gasteiger partial charge in [0.25, 0.3) is 5.56 Å². The van der Waals surface area contributed by atoms with E-state index in [0.29, 0.717) is 45.7 Å². The first-order chi connectivity index (χ1) is 14.0. The second-order valence-electron chi connectivity index (χ2n) is 7.01. The highest BCUT2D eigenvalue weighted by atomic mass is 35.5. The summed E-state index contributed by atoms with van der Waals surface area (Å²) in [5.41, 5.74) is 2.79. The quantitative estimate of drug-likeness (QED) is 0.651. The maximum absolute atomic E-state index is 12.2. The molecule has 6 nitrogen and oxygen atoms in total. The Morgan fingerprint density at radius 3 is 2.86 bits per heavy atom. The number of nitrogens with zero attached hydrogens (tertiary/aromatic N) is 2. The molecule has 150 valence electrons. The van der Waals surface area contributed by atoms with Gasteiger partial charge in [-0.3, -0.25) is 4.79 Å². The first-order valence-corrected chi connectivity index (χ1v) is 9.83. The first-order valence-electron chi connectivity index (χ1n) is 9.45. The second-order valence-corrected chi connectivity index (χ2v) is 7.45. The van der Waals surface area contributed by atoms with Gasteiger partial charge in [-0.2, -0.15) is 0 Å². The maximum Gasteiger partial charge on any atom is 0.254 e. The van der Waals surface area contributed by atoms with E-state index in [1.165, 1.54) is 10.6 Å². The number of fused-ring (bicyclic) bond motifs is 4. The molecule has 4 rings (SSSR count). The summed E-state index contributed by atoms with van der Waals surface area (Å²) < 4.78 is 13.6.